The molecule has 2 aromatic heterocycles. The standard InChI is InChI=1S/C23H27N5O4/c1-12-15(7-5-14-6-8-18(32-2)24-10-14)21(28-22(26-12)25-11-13-3-4-13)27-17-9-16-19(29)23(16,31)20(17)30/h6,8,10,13,16-17,19-20,29-31H,3-4,9,11H2,1-2H3,(H2,25,26,27,28). The molecule has 0 radical (unpaired) electrons. The summed E-state index contributed by atoms with van der Waals surface area (Å²) >= 11 is 0. The minimum Gasteiger partial charge on any atom is -0.481 e. The second-order valence-corrected chi connectivity index (χ2v) is 8.89. The number of nitrogens with one attached hydrogen (secondary N) is 2. The third kappa shape index (κ3) is 3.75. The van der Waals surface area contributed by atoms with Crippen LogP contribution in [0, 0.1) is 30.6 Å². The average Bonchev–Trinajstić information content (AvgIpc) is 3.68. The molecule has 5 unspecified atom stereocenters. The number of rotatable bonds is 6. The summed E-state index contributed by atoms with van der Waals surface area (Å²) in [5, 5.41) is 37.4. The van der Waals surface area contributed by atoms with Gasteiger partial charge in [0, 0.05) is 30.3 Å². The maximum absolute atomic E-state index is 10.6. The van der Waals surface area contributed by atoms with E-state index in [-0.39, 0.29) is 5.92 Å². The van der Waals surface area contributed by atoms with Crippen LogP contribution < -0.4 is 15.4 Å². The van der Waals surface area contributed by atoms with Gasteiger partial charge in [-0.1, -0.05) is 11.8 Å². The van der Waals surface area contributed by atoms with Crippen molar-refractivity contribution in [2.75, 3.05) is 24.3 Å². The lowest BCUT2D eigenvalue weighted by Crippen LogP contribution is -2.42. The highest BCUT2D eigenvalue weighted by molar-refractivity contribution is 5.61. The van der Waals surface area contributed by atoms with Gasteiger partial charge >= 0.3 is 0 Å². The zero-order valence-electron chi connectivity index (χ0n) is 18.0. The van der Waals surface area contributed by atoms with Gasteiger partial charge in [-0.25, -0.2) is 9.97 Å². The normalized spacial score (nSPS) is 30.2. The van der Waals surface area contributed by atoms with E-state index in [1.807, 2.05) is 13.0 Å². The summed E-state index contributed by atoms with van der Waals surface area (Å²) in [5.41, 5.74) is 0.587. The summed E-state index contributed by atoms with van der Waals surface area (Å²) in [5.74, 6) is 8.06. The third-order valence-electron chi connectivity index (χ3n) is 6.64. The first-order valence-electron chi connectivity index (χ1n) is 10.9. The van der Waals surface area contributed by atoms with Crippen LogP contribution in [0.2, 0.25) is 0 Å². The van der Waals surface area contributed by atoms with E-state index in [4.69, 9.17) is 4.74 Å². The van der Waals surface area contributed by atoms with Crippen LogP contribution in [0.3, 0.4) is 0 Å². The van der Waals surface area contributed by atoms with E-state index >= 15 is 0 Å². The molecule has 168 valence electrons. The molecule has 0 saturated heterocycles. The van der Waals surface area contributed by atoms with Crippen molar-refractivity contribution in [2.45, 2.75) is 50.0 Å². The van der Waals surface area contributed by atoms with Gasteiger partial charge in [0.05, 0.1) is 30.5 Å². The first kappa shape index (κ1) is 20.9. The number of hydrogen-bond acceptors (Lipinski definition) is 9. The van der Waals surface area contributed by atoms with Crippen molar-refractivity contribution in [2.24, 2.45) is 11.8 Å². The van der Waals surface area contributed by atoms with E-state index in [1.165, 1.54) is 12.8 Å². The number of aromatic nitrogens is 3. The number of methoxy groups -OCH3 is 1. The van der Waals surface area contributed by atoms with Gasteiger partial charge in [0.1, 0.15) is 17.5 Å². The second-order valence-electron chi connectivity index (χ2n) is 8.89. The molecule has 0 aliphatic heterocycles. The summed E-state index contributed by atoms with van der Waals surface area (Å²) in [7, 11) is 1.56. The van der Waals surface area contributed by atoms with Gasteiger partial charge in [-0.2, -0.15) is 4.98 Å². The Bertz CT molecular complexity index is 1080. The Labute approximate surface area is 186 Å². The third-order valence-corrected chi connectivity index (χ3v) is 6.64. The van der Waals surface area contributed by atoms with Crippen molar-refractivity contribution in [3.63, 3.8) is 0 Å². The Morgan fingerprint density at radius 3 is 2.62 bits per heavy atom. The number of hydrogen-bond donors (Lipinski definition) is 5. The number of nitrogens with zero attached hydrogens (tertiary/aromatic N) is 3. The summed E-state index contributed by atoms with van der Waals surface area (Å²) in [4.78, 5) is 13.4. The quantitative estimate of drug-likeness (QED) is 0.414. The number of ether oxygens (including phenoxy) is 1. The zero-order valence-corrected chi connectivity index (χ0v) is 18.0. The summed E-state index contributed by atoms with van der Waals surface area (Å²) in [6.45, 7) is 2.69. The molecule has 2 aromatic rings. The predicted molar refractivity (Wildman–Crippen MR) is 117 cm³/mol. The molecule has 5 N–H and O–H groups in total. The molecule has 3 saturated carbocycles. The average molecular weight is 438 g/mol. The van der Waals surface area contributed by atoms with Gasteiger partial charge in [0.25, 0.3) is 0 Å². The lowest BCUT2D eigenvalue weighted by Gasteiger charge is -2.24. The van der Waals surface area contributed by atoms with Gasteiger partial charge in [0.15, 0.2) is 0 Å². The lowest BCUT2D eigenvalue weighted by molar-refractivity contribution is -0.0262. The van der Waals surface area contributed by atoms with Gasteiger partial charge < -0.3 is 30.7 Å². The zero-order chi connectivity index (χ0) is 22.5. The maximum Gasteiger partial charge on any atom is 0.224 e. The van der Waals surface area contributed by atoms with E-state index in [0.29, 0.717) is 46.8 Å². The fourth-order valence-electron chi connectivity index (χ4n) is 4.37. The van der Waals surface area contributed by atoms with Crippen LogP contribution in [-0.4, -0.2) is 67.8 Å². The number of fused-ring (bicyclic) bond motifs is 1. The molecule has 0 spiro atoms. The van der Waals surface area contributed by atoms with Crippen LogP contribution in [0.15, 0.2) is 18.3 Å². The Morgan fingerprint density at radius 1 is 1.19 bits per heavy atom. The molecule has 0 aromatic carbocycles. The molecule has 0 amide bonds. The van der Waals surface area contributed by atoms with Crippen molar-refractivity contribution >= 4 is 11.8 Å². The molecule has 9 nitrogen and oxygen atoms in total. The van der Waals surface area contributed by atoms with Crippen LogP contribution in [0.4, 0.5) is 11.8 Å². The molecule has 2 heterocycles. The highest BCUT2D eigenvalue weighted by Crippen LogP contribution is 2.56. The predicted octanol–water partition coefficient (Wildman–Crippen LogP) is 0.677. The molecule has 3 aliphatic rings. The van der Waals surface area contributed by atoms with Crippen molar-refractivity contribution in [3.05, 3.63) is 35.2 Å². The second kappa shape index (κ2) is 7.89. The first-order chi connectivity index (χ1) is 15.4. The monoisotopic (exact) mass is 437 g/mol. The van der Waals surface area contributed by atoms with E-state index in [9.17, 15) is 15.3 Å². The Kier molecular flexibility index (Phi) is 5.16. The van der Waals surface area contributed by atoms with E-state index < -0.39 is 23.9 Å². The molecule has 3 aliphatic carbocycles. The van der Waals surface area contributed by atoms with Crippen molar-refractivity contribution in [1.29, 1.82) is 0 Å². The van der Waals surface area contributed by atoms with Gasteiger partial charge in [-0.05, 0) is 38.2 Å². The number of aliphatic hydroxyl groups is 3. The Hall–Kier alpha value is -2.93. The molecule has 3 fully saturated rings. The van der Waals surface area contributed by atoms with Crippen molar-refractivity contribution in [1.82, 2.24) is 15.0 Å². The minimum atomic E-state index is -1.44. The number of aliphatic hydroxyl groups excluding tert-OH is 2. The van der Waals surface area contributed by atoms with Gasteiger partial charge in [-0.3, -0.25) is 0 Å². The SMILES string of the molecule is COc1ccc(C#Cc2c(C)nc(NCC3CC3)nc2NC2CC3C(O)C3(O)C2O)cn1. The largest absolute Gasteiger partial charge is 0.481 e. The van der Waals surface area contributed by atoms with Gasteiger partial charge in [0.2, 0.25) is 11.8 Å². The Balaban J connectivity index is 1.43. The summed E-state index contributed by atoms with van der Waals surface area (Å²) < 4.78 is 5.08. The molecular weight excluding hydrogens is 410 g/mol. The van der Waals surface area contributed by atoms with Crippen LogP contribution in [0.25, 0.3) is 0 Å². The highest BCUT2D eigenvalue weighted by atomic mass is 16.5. The van der Waals surface area contributed by atoms with Gasteiger partial charge in [-0.15, -0.1) is 0 Å². The molecule has 5 atom stereocenters. The van der Waals surface area contributed by atoms with E-state index in [2.05, 4.69) is 37.4 Å². The summed E-state index contributed by atoms with van der Waals surface area (Å²) in [6.07, 6.45) is 2.54. The number of anilines is 2. The fourth-order valence-corrected chi connectivity index (χ4v) is 4.37. The molecule has 5 rings (SSSR count). The minimum absolute atomic E-state index is 0.328. The molecular formula is C23H27N5O4. The van der Waals surface area contributed by atoms with E-state index in [1.54, 1.807) is 19.4 Å². The topological polar surface area (TPSA) is 133 Å². The van der Waals surface area contributed by atoms with Crippen LogP contribution in [0.1, 0.15) is 36.1 Å². The smallest absolute Gasteiger partial charge is 0.224 e. The molecule has 32 heavy (non-hydrogen) atoms. The summed E-state index contributed by atoms with van der Waals surface area (Å²) in [6, 6.07) is 3.12. The lowest BCUT2D eigenvalue weighted by atomic mass is 10.1. The Morgan fingerprint density at radius 2 is 2.00 bits per heavy atom. The molecule has 0 bridgehead atoms. The molecule has 9 heteroatoms. The maximum atomic E-state index is 10.6. The van der Waals surface area contributed by atoms with Crippen LogP contribution in [0.5, 0.6) is 5.88 Å². The van der Waals surface area contributed by atoms with Crippen LogP contribution in [-0.2, 0) is 0 Å². The van der Waals surface area contributed by atoms with Crippen molar-refractivity contribution < 1.29 is 20.1 Å². The fraction of sp³-hybridized carbons (Fsp3) is 0.522. The highest BCUT2D eigenvalue weighted by Gasteiger charge is 2.74. The number of pyridine rings is 1. The first-order valence-corrected chi connectivity index (χ1v) is 10.9. The number of aryl methyl sites for hydroxylation is 1. The van der Waals surface area contributed by atoms with Crippen LogP contribution >= 0.6 is 0 Å². The van der Waals surface area contributed by atoms with E-state index in [0.717, 1.165) is 6.54 Å². The van der Waals surface area contributed by atoms with Crippen molar-refractivity contribution in [3.8, 4) is 17.7 Å².